The molecule has 0 spiro atoms. The molecule has 2 aromatic rings. The lowest BCUT2D eigenvalue weighted by Crippen LogP contribution is -2.36. The third-order valence-corrected chi connectivity index (χ3v) is 3.07. The number of aromatic nitrogens is 4. The largest absolute Gasteiger partial charge is 0.378 e. The molecule has 0 amide bonds. The molecule has 19 heavy (non-hydrogen) atoms. The molecule has 0 bridgehead atoms. The summed E-state index contributed by atoms with van der Waals surface area (Å²) in [6.07, 6.45) is 3.53. The zero-order chi connectivity index (χ0) is 13.2. The topological polar surface area (TPSA) is 95.2 Å². The van der Waals surface area contributed by atoms with Gasteiger partial charge in [-0.05, 0) is 5.16 Å². The number of nitrogens with zero attached hydrogens (tertiary/aromatic N) is 5. The van der Waals surface area contributed by atoms with E-state index in [1.54, 1.807) is 10.9 Å². The number of nitrogens with two attached hydrogens (primary N) is 1. The molecule has 3 rings (SSSR count). The van der Waals surface area contributed by atoms with Crippen molar-refractivity contribution in [1.82, 2.24) is 19.9 Å². The van der Waals surface area contributed by atoms with Crippen LogP contribution in [0.1, 0.15) is 17.5 Å². The highest BCUT2D eigenvalue weighted by Crippen LogP contribution is 2.20. The molecule has 1 fully saturated rings. The van der Waals surface area contributed by atoms with Gasteiger partial charge in [-0.15, -0.1) is 0 Å². The van der Waals surface area contributed by atoms with Gasteiger partial charge < -0.3 is 19.9 Å². The van der Waals surface area contributed by atoms with Gasteiger partial charge in [0.25, 0.3) is 5.95 Å². The van der Waals surface area contributed by atoms with E-state index < -0.39 is 6.04 Å². The Bertz CT molecular complexity index is 545. The van der Waals surface area contributed by atoms with Gasteiger partial charge in [0.1, 0.15) is 6.04 Å². The molecule has 2 N–H and O–H groups in total. The molecular formula is C11H16N6O2. The smallest absolute Gasteiger partial charge is 0.266 e. The Hall–Kier alpha value is -1.93. The van der Waals surface area contributed by atoms with Gasteiger partial charge in [-0.1, -0.05) is 0 Å². The average Bonchev–Trinajstić information content (AvgIpc) is 3.08. The predicted octanol–water partition coefficient (Wildman–Crippen LogP) is -0.312. The highest BCUT2D eigenvalue weighted by Gasteiger charge is 2.21. The van der Waals surface area contributed by atoms with Crippen LogP contribution in [0.4, 0.5) is 5.95 Å². The van der Waals surface area contributed by atoms with Gasteiger partial charge in [-0.25, -0.2) is 0 Å². The van der Waals surface area contributed by atoms with Crippen LogP contribution in [0.2, 0.25) is 0 Å². The Kier molecular flexibility index (Phi) is 3.18. The quantitative estimate of drug-likeness (QED) is 0.812. The fraction of sp³-hybridized carbons (Fsp3) is 0.545. The van der Waals surface area contributed by atoms with E-state index in [9.17, 15) is 0 Å². The number of rotatable bonds is 3. The number of aryl methyl sites for hydroxylation is 1. The lowest BCUT2D eigenvalue weighted by Gasteiger charge is -2.24. The first-order valence-electron chi connectivity index (χ1n) is 6.14. The normalized spacial score (nSPS) is 17.7. The molecule has 0 aromatic carbocycles. The standard InChI is InChI=1S/C11H16N6O2/c1-16-7-8(6-13-16)9(12)10-14-11(15-19-10)17-2-4-18-5-3-17/h6-7,9H,2-5,12H2,1H3. The highest BCUT2D eigenvalue weighted by atomic mass is 16.5. The molecule has 0 radical (unpaired) electrons. The summed E-state index contributed by atoms with van der Waals surface area (Å²) in [7, 11) is 1.84. The van der Waals surface area contributed by atoms with Gasteiger partial charge in [-0.2, -0.15) is 10.1 Å². The zero-order valence-corrected chi connectivity index (χ0v) is 10.7. The Morgan fingerprint density at radius 3 is 2.84 bits per heavy atom. The van der Waals surface area contributed by atoms with E-state index in [1.165, 1.54) is 0 Å². The van der Waals surface area contributed by atoms with Gasteiger partial charge in [0.15, 0.2) is 0 Å². The van der Waals surface area contributed by atoms with Crippen LogP contribution in [0.15, 0.2) is 16.9 Å². The molecule has 1 aliphatic rings. The Morgan fingerprint density at radius 2 is 2.16 bits per heavy atom. The second kappa shape index (κ2) is 4.98. The van der Waals surface area contributed by atoms with Crippen LogP contribution >= 0.6 is 0 Å². The minimum absolute atomic E-state index is 0.398. The Labute approximate surface area is 110 Å². The summed E-state index contributed by atoms with van der Waals surface area (Å²) < 4.78 is 12.2. The van der Waals surface area contributed by atoms with Crippen LogP contribution < -0.4 is 10.6 Å². The number of anilines is 1. The predicted molar refractivity (Wildman–Crippen MR) is 66.6 cm³/mol. The van der Waals surface area contributed by atoms with Crippen LogP contribution in [-0.2, 0) is 11.8 Å². The second-order valence-electron chi connectivity index (χ2n) is 4.46. The first kappa shape index (κ1) is 12.1. The van der Waals surface area contributed by atoms with Gasteiger partial charge in [0.2, 0.25) is 5.89 Å². The fourth-order valence-corrected chi connectivity index (χ4v) is 1.99. The van der Waals surface area contributed by atoms with Crippen LogP contribution in [-0.4, -0.2) is 46.2 Å². The third kappa shape index (κ3) is 2.45. The lowest BCUT2D eigenvalue weighted by atomic mass is 10.2. The van der Waals surface area contributed by atoms with E-state index in [0.29, 0.717) is 25.1 Å². The summed E-state index contributed by atoms with van der Waals surface area (Å²) in [5, 5.41) is 8.05. The molecule has 102 valence electrons. The summed E-state index contributed by atoms with van der Waals surface area (Å²) in [6.45, 7) is 2.89. The SMILES string of the molecule is Cn1cc(C(N)c2nc(N3CCOCC3)no2)cn1. The van der Waals surface area contributed by atoms with E-state index in [2.05, 4.69) is 15.2 Å². The summed E-state index contributed by atoms with van der Waals surface area (Å²) >= 11 is 0. The van der Waals surface area contributed by atoms with Crippen molar-refractivity contribution in [2.24, 2.45) is 12.8 Å². The van der Waals surface area contributed by atoms with Crippen LogP contribution in [0, 0.1) is 0 Å². The molecule has 2 aromatic heterocycles. The number of morpholine rings is 1. The maximum absolute atomic E-state index is 6.08. The second-order valence-corrected chi connectivity index (χ2v) is 4.46. The van der Waals surface area contributed by atoms with Crippen LogP contribution in [0.3, 0.4) is 0 Å². The third-order valence-electron chi connectivity index (χ3n) is 3.07. The number of hydrogen-bond donors (Lipinski definition) is 1. The van der Waals surface area contributed by atoms with Crippen molar-refractivity contribution >= 4 is 5.95 Å². The summed E-state index contributed by atoms with van der Waals surface area (Å²) in [5.41, 5.74) is 6.93. The first-order valence-corrected chi connectivity index (χ1v) is 6.14. The lowest BCUT2D eigenvalue weighted by molar-refractivity contribution is 0.121. The molecule has 0 aliphatic carbocycles. The van der Waals surface area contributed by atoms with Gasteiger partial charge >= 0.3 is 0 Å². The Morgan fingerprint density at radius 1 is 1.37 bits per heavy atom. The maximum atomic E-state index is 6.08. The van der Waals surface area contributed by atoms with Crippen LogP contribution in [0.25, 0.3) is 0 Å². The first-order chi connectivity index (χ1) is 9.24. The molecule has 8 nitrogen and oxygen atoms in total. The fourth-order valence-electron chi connectivity index (χ4n) is 1.99. The molecule has 8 heteroatoms. The molecule has 1 aliphatic heterocycles. The van der Waals surface area contributed by atoms with Gasteiger partial charge in [0, 0.05) is 31.9 Å². The molecule has 1 atom stereocenters. The van der Waals surface area contributed by atoms with E-state index in [0.717, 1.165) is 18.7 Å². The van der Waals surface area contributed by atoms with Gasteiger partial charge in [-0.3, -0.25) is 4.68 Å². The van der Waals surface area contributed by atoms with Crippen LogP contribution in [0.5, 0.6) is 0 Å². The van der Waals surface area contributed by atoms with Crippen molar-refractivity contribution in [2.45, 2.75) is 6.04 Å². The van der Waals surface area contributed by atoms with Crippen molar-refractivity contribution in [3.05, 3.63) is 23.8 Å². The van der Waals surface area contributed by atoms with E-state index >= 15 is 0 Å². The molecule has 1 unspecified atom stereocenters. The highest BCUT2D eigenvalue weighted by molar-refractivity contribution is 5.30. The van der Waals surface area contributed by atoms with E-state index in [1.807, 2.05) is 18.1 Å². The van der Waals surface area contributed by atoms with Crippen molar-refractivity contribution in [1.29, 1.82) is 0 Å². The monoisotopic (exact) mass is 264 g/mol. The number of hydrogen-bond acceptors (Lipinski definition) is 7. The molecular weight excluding hydrogens is 248 g/mol. The summed E-state index contributed by atoms with van der Waals surface area (Å²) in [5.74, 6) is 0.965. The zero-order valence-electron chi connectivity index (χ0n) is 10.7. The molecule has 0 saturated carbocycles. The maximum Gasteiger partial charge on any atom is 0.266 e. The van der Waals surface area contributed by atoms with Gasteiger partial charge in [0.05, 0.1) is 19.4 Å². The van der Waals surface area contributed by atoms with E-state index in [4.69, 9.17) is 15.0 Å². The van der Waals surface area contributed by atoms with Crippen molar-refractivity contribution in [3.63, 3.8) is 0 Å². The van der Waals surface area contributed by atoms with Crippen molar-refractivity contribution in [2.75, 3.05) is 31.2 Å². The Balaban J connectivity index is 1.76. The molecule has 3 heterocycles. The van der Waals surface area contributed by atoms with Crippen molar-refractivity contribution < 1.29 is 9.26 Å². The van der Waals surface area contributed by atoms with E-state index in [-0.39, 0.29) is 0 Å². The minimum Gasteiger partial charge on any atom is -0.378 e. The summed E-state index contributed by atoms with van der Waals surface area (Å²) in [6, 6.07) is -0.448. The number of ether oxygens (including phenoxy) is 1. The summed E-state index contributed by atoms with van der Waals surface area (Å²) in [4.78, 5) is 6.37. The molecule has 1 saturated heterocycles. The van der Waals surface area contributed by atoms with Crippen molar-refractivity contribution in [3.8, 4) is 0 Å². The average molecular weight is 264 g/mol. The minimum atomic E-state index is -0.448.